The van der Waals surface area contributed by atoms with Gasteiger partial charge >= 0.3 is 5.97 Å². The van der Waals surface area contributed by atoms with E-state index in [0.717, 1.165) is 10.0 Å². The summed E-state index contributed by atoms with van der Waals surface area (Å²) in [5.41, 5.74) is 3.05. The van der Waals surface area contributed by atoms with Gasteiger partial charge in [0.2, 0.25) is 0 Å². The van der Waals surface area contributed by atoms with Gasteiger partial charge in [-0.2, -0.15) is 5.26 Å². The highest BCUT2D eigenvalue weighted by Crippen LogP contribution is 2.41. The molecular weight excluding hydrogens is 384 g/mol. The molecule has 25 heavy (non-hydrogen) atoms. The highest BCUT2D eigenvalue weighted by Gasteiger charge is 2.36. The maximum absolute atomic E-state index is 12.8. The zero-order valence-electron chi connectivity index (χ0n) is 14.7. The van der Waals surface area contributed by atoms with E-state index in [9.17, 15) is 10.1 Å². The van der Waals surface area contributed by atoms with E-state index in [-0.39, 0.29) is 12.7 Å². The number of esters is 1. The second kappa shape index (κ2) is 8.32. The lowest BCUT2D eigenvalue weighted by molar-refractivity contribution is -0.143. The molecule has 0 aliphatic carbocycles. The molecule has 0 saturated heterocycles. The predicted octanol–water partition coefficient (Wildman–Crippen LogP) is 3.79. The number of methoxy groups -OCH3 is 1. The van der Waals surface area contributed by atoms with Crippen LogP contribution in [0.15, 0.2) is 51.3 Å². The van der Waals surface area contributed by atoms with Gasteiger partial charge in [-0.05, 0) is 32.4 Å². The number of benzene rings is 1. The molecule has 6 heteroatoms. The Bertz CT molecular complexity index is 775. The third kappa shape index (κ3) is 4.12. The maximum atomic E-state index is 12.8. The van der Waals surface area contributed by atoms with Crippen LogP contribution in [0.25, 0.3) is 0 Å². The Balaban J connectivity index is 2.68. The van der Waals surface area contributed by atoms with Gasteiger partial charge in [0.05, 0.1) is 41.5 Å². The minimum absolute atomic E-state index is 0.222. The lowest BCUT2D eigenvalue weighted by Gasteiger charge is -2.30. The Labute approximate surface area is 156 Å². The number of allylic oxidation sites excluding steroid dienone is 2. The predicted molar refractivity (Wildman–Crippen MR) is 98.5 cm³/mol. The molecule has 0 amide bonds. The molecule has 1 heterocycles. The Morgan fingerprint density at radius 3 is 2.64 bits per heavy atom. The largest absolute Gasteiger partial charge is 0.460 e. The van der Waals surface area contributed by atoms with E-state index < -0.39 is 11.9 Å². The monoisotopic (exact) mass is 404 g/mol. The fourth-order valence-corrected chi connectivity index (χ4v) is 3.36. The van der Waals surface area contributed by atoms with Crippen LogP contribution in [-0.2, 0) is 14.3 Å². The Morgan fingerprint density at radius 1 is 1.40 bits per heavy atom. The number of nitriles is 1. The summed E-state index contributed by atoms with van der Waals surface area (Å²) in [7, 11) is 1.56. The number of rotatable bonds is 5. The van der Waals surface area contributed by atoms with Crippen LogP contribution in [0.5, 0.6) is 0 Å². The van der Waals surface area contributed by atoms with Crippen LogP contribution in [0.2, 0.25) is 0 Å². The summed E-state index contributed by atoms with van der Waals surface area (Å²) < 4.78 is 11.5. The molecular formula is C19H21BrN2O3. The van der Waals surface area contributed by atoms with Crippen molar-refractivity contribution in [1.29, 1.82) is 5.26 Å². The number of halogens is 1. The van der Waals surface area contributed by atoms with Gasteiger partial charge in [0, 0.05) is 17.3 Å². The Kier molecular flexibility index (Phi) is 6.40. The first-order valence-corrected chi connectivity index (χ1v) is 8.75. The van der Waals surface area contributed by atoms with E-state index in [1.165, 1.54) is 0 Å². The summed E-state index contributed by atoms with van der Waals surface area (Å²) in [5.74, 6) is -0.964. The van der Waals surface area contributed by atoms with E-state index in [0.29, 0.717) is 22.5 Å². The van der Waals surface area contributed by atoms with Crippen molar-refractivity contribution in [1.82, 2.24) is 5.32 Å². The molecule has 1 unspecified atom stereocenters. The summed E-state index contributed by atoms with van der Waals surface area (Å²) >= 11 is 3.54. The van der Waals surface area contributed by atoms with Crippen molar-refractivity contribution in [3.8, 4) is 6.07 Å². The maximum Gasteiger partial charge on any atom is 0.337 e. The van der Waals surface area contributed by atoms with Crippen molar-refractivity contribution < 1.29 is 14.3 Å². The second-order valence-electron chi connectivity index (χ2n) is 6.01. The van der Waals surface area contributed by atoms with E-state index >= 15 is 0 Å². The van der Waals surface area contributed by atoms with Gasteiger partial charge in [-0.3, -0.25) is 0 Å². The molecule has 1 aliphatic rings. The average molecular weight is 405 g/mol. The lowest BCUT2D eigenvalue weighted by Crippen LogP contribution is -2.32. The molecule has 1 aromatic carbocycles. The molecule has 132 valence electrons. The molecule has 1 aromatic rings. The standard InChI is InChI=1S/C19H21BrN2O3/c1-11(2)25-19(23)18-16(10-24-4)22-12(3)14(9-21)17(18)13-7-5-6-8-15(13)20/h5-8,11,17,22H,10H2,1-4H3. The quantitative estimate of drug-likeness (QED) is 0.755. The van der Waals surface area contributed by atoms with Gasteiger partial charge in [0.25, 0.3) is 0 Å². The topological polar surface area (TPSA) is 71.3 Å². The zero-order chi connectivity index (χ0) is 18.6. The smallest absolute Gasteiger partial charge is 0.337 e. The zero-order valence-corrected chi connectivity index (χ0v) is 16.3. The van der Waals surface area contributed by atoms with Crippen molar-refractivity contribution in [2.45, 2.75) is 32.8 Å². The van der Waals surface area contributed by atoms with Crippen molar-refractivity contribution >= 4 is 21.9 Å². The van der Waals surface area contributed by atoms with Gasteiger partial charge in [0.15, 0.2) is 0 Å². The SMILES string of the molecule is COCC1=C(C(=O)OC(C)C)C(c2ccccc2Br)C(C#N)=C(C)N1. The lowest BCUT2D eigenvalue weighted by atomic mass is 9.81. The number of hydrogen-bond donors (Lipinski definition) is 1. The summed E-state index contributed by atoms with van der Waals surface area (Å²) in [6.45, 7) is 5.64. The van der Waals surface area contributed by atoms with Crippen molar-refractivity contribution in [3.63, 3.8) is 0 Å². The molecule has 0 aromatic heterocycles. The number of carbonyl (C=O) groups excluding carboxylic acids is 1. The molecule has 0 saturated carbocycles. The van der Waals surface area contributed by atoms with E-state index in [2.05, 4.69) is 27.3 Å². The van der Waals surface area contributed by atoms with Crippen molar-refractivity contribution in [3.05, 3.63) is 56.8 Å². The fraction of sp³-hybridized carbons (Fsp3) is 0.368. The van der Waals surface area contributed by atoms with Crippen LogP contribution < -0.4 is 5.32 Å². The first kappa shape index (κ1) is 19.2. The van der Waals surface area contributed by atoms with Crippen molar-refractivity contribution in [2.75, 3.05) is 13.7 Å². The molecule has 2 rings (SSSR count). The summed E-state index contributed by atoms with van der Waals surface area (Å²) in [6.07, 6.45) is -0.263. The third-order valence-corrected chi connectivity index (χ3v) is 4.56. The van der Waals surface area contributed by atoms with Gasteiger partial charge < -0.3 is 14.8 Å². The minimum Gasteiger partial charge on any atom is -0.460 e. The van der Waals surface area contributed by atoms with E-state index in [1.807, 2.05) is 31.2 Å². The number of nitrogens with zero attached hydrogens (tertiary/aromatic N) is 1. The Hall–Kier alpha value is -2.10. The van der Waals surface area contributed by atoms with Gasteiger partial charge in [-0.1, -0.05) is 34.1 Å². The van der Waals surface area contributed by atoms with Crippen molar-refractivity contribution in [2.24, 2.45) is 0 Å². The number of dihydropyridines is 1. The van der Waals surface area contributed by atoms with E-state index in [1.54, 1.807) is 21.0 Å². The molecule has 0 spiro atoms. The van der Waals surface area contributed by atoms with Crippen LogP contribution in [0.4, 0.5) is 0 Å². The first-order valence-electron chi connectivity index (χ1n) is 7.96. The van der Waals surface area contributed by atoms with Crippen LogP contribution in [0, 0.1) is 11.3 Å². The summed E-state index contributed by atoms with van der Waals surface area (Å²) in [5, 5.41) is 12.8. The van der Waals surface area contributed by atoms with E-state index in [4.69, 9.17) is 9.47 Å². The van der Waals surface area contributed by atoms with Crippen LogP contribution in [0.3, 0.4) is 0 Å². The van der Waals surface area contributed by atoms with Crippen LogP contribution in [-0.4, -0.2) is 25.8 Å². The van der Waals surface area contributed by atoms with Crippen LogP contribution >= 0.6 is 15.9 Å². The number of nitrogens with one attached hydrogen (secondary N) is 1. The molecule has 0 bridgehead atoms. The van der Waals surface area contributed by atoms with Gasteiger partial charge in [-0.15, -0.1) is 0 Å². The first-order chi connectivity index (χ1) is 11.9. The van der Waals surface area contributed by atoms with Gasteiger partial charge in [0.1, 0.15) is 0 Å². The van der Waals surface area contributed by atoms with Crippen LogP contribution in [0.1, 0.15) is 32.3 Å². The van der Waals surface area contributed by atoms with Gasteiger partial charge in [-0.25, -0.2) is 4.79 Å². The summed E-state index contributed by atoms with van der Waals surface area (Å²) in [4.78, 5) is 12.8. The highest BCUT2D eigenvalue weighted by atomic mass is 79.9. The minimum atomic E-state index is -0.516. The molecule has 0 radical (unpaired) electrons. The number of hydrogen-bond acceptors (Lipinski definition) is 5. The second-order valence-corrected chi connectivity index (χ2v) is 6.86. The number of carbonyl (C=O) groups is 1. The Morgan fingerprint density at radius 2 is 2.08 bits per heavy atom. The third-order valence-electron chi connectivity index (χ3n) is 3.83. The molecule has 0 fully saturated rings. The normalized spacial score (nSPS) is 17.4. The molecule has 1 aliphatic heterocycles. The fourth-order valence-electron chi connectivity index (χ4n) is 2.84. The highest BCUT2D eigenvalue weighted by molar-refractivity contribution is 9.10. The molecule has 1 N–H and O–H groups in total. The average Bonchev–Trinajstić information content (AvgIpc) is 2.54. The summed E-state index contributed by atoms with van der Waals surface area (Å²) in [6, 6.07) is 9.81. The molecule has 5 nitrogen and oxygen atoms in total. The molecule has 1 atom stereocenters. The number of ether oxygens (including phenoxy) is 2.